The lowest BCUT2D eigenvalue weighted by Gasteiger charge is -2.18. The molecule has 0 heterocycles. The Morgan fingerprint density at radius 2 is 1.76 bits per heavy atom. The van der Waals surface area contributed by atoms with Crippen LogP contribution in [0, 0.1) is 0 Å². The van der Waals surface area contributed by atoms with Crippen molar-refractivity contribution in [3.63, 3.8) is 0 Å². The van der Waals surface area contributed by atoms with Gasteiger partial charge in [0.2, 0.25) is 0 Å². The lowest BCUT2D eigenvalue weighted by atomic mass is 10.0. The highest BCUT2D eigenvalue weighted by molar-refractivity contribution is 5.89. The maximum absolute atomic E-state index is 12.2. The number of ether oxygens (including phenoxy) is 3. The van der Waals surface area contributed by atoms with Crippen molar-refractivity contribution in [2.24, 2.45) is 0 Å². The van der Waals surface area contributed by atoms with Gasteiger partial charge in [-0.1, -0.05) is 49.7 Å². The van der Waals surface area contributed by atoms with Gasteiger partial charge in [0, 0.05) is 6.08 Å². The minimum Gasteiger partial charge on any atom is -0.493 e. The number of hydrogen-bond acceptors (Lipinski definition) is 5. The normalized spacial score (nSPS) is 11.7. The number of methoxy groups -OCH3 is 2. The molecule has 0 aliphatic carbocycles. The van der Waals surface area contributed by atoms with Crippen LogP contribution >= 0.6 is 0 Å². The first kappa shape index (κ1) is 22.0. The molecule has 2 aromatic rings. The van der Waals surface area contributed by atoms with E-state index in [0.29, 0.717) is 11.5 Å². The highest BCUT2D eigenvalue weighted by atomic mass is 16.5. The van der Waals surface area contributed by atoms with Crippen LogP contribution in [-0.4, -0.2) is 32.7 Å². The fourth-order valence-electron chi connectivity index (χ4n) is 2.84. The van der Waals surface area contributed by atoms with Crippen LogP contribution in [0.15, 0.2) is 54.6 Å². The van der Waals surface area contributed by atoms with Crippen molar-refractivity contribution in [1.82, 2.24) is 5.32 Å². The van der Waals surface area contributed by atoms with Crippen LogP contribution in [0.4, 0.5) is 0 Å². The SMILES string of the molecule is CCCC(NC(=O)COC(=O)/C=C/c1ccc(OC)c(OC)c1)c1ccccc1. The quantitative estimate of drug-likeness (QED) is 0.486. The maximum Gasteiger partial charge on any atom is 0.331 e. The zero-order chi connectivity index (χ0) is 21.1. The van der Waals surface area contributed by atoms with E-state index in [2.05, 4.69) is 12.2 Å². The first-order chi connectivity index (χ1) is 14.1. The Kier molecular flexibility index (Phi) is 8.76. The highest BCUT2D eigenvalue weighted by Gasteiger charge is 2.14. The summed E-state index contributed by atoms with van der Waals surface area (Å²) in [6, 6.07) is 14.9. The van der Waals surface area contributed by atoms with Crippen LogP contribution < -0.4 is 14.8 Å². The van der Waals surface area contributed by atoms with E-state index in [4.69, 9.17) is 14.2 Å². The molecule has 1 unspecified atom stereocenters. The topological polar surface area (TPSA) is 73.9 Å². The van der Waals surface area contributed by atoms with E-state index in [1.54, 1.807) is 38.5 Å². The Hall–Kier alpha value is -3.28. The van der Waals surface area contributed by atoms with E-state index >= 15 is 0 Å². The van der Waals surface area contributed by atoms with Crippen molar-refractivity contribution < 1.29 is 23.8 Å². The summed E-state index contributed by atoms with van der Waals surface area (Å²) < 4.78 is 15.5. The molecule has 154 valence electrons. The van der Waals surface area contributed by atoms with Gasteiger partial charge in [0.15, 0.2) is 18.1 Å². The molecular formula is C23H27NO5. The number of benzene rings is 2. The molecule has 0 bridgehead atoms. The molecule has 1 N–H and O–H groups in total. The minimum absolute atomic E-state index is 0.102. The Morgan fingerprint density at radius 3 is 2.41 bits per heavy atom. The Balaban J connectivity index is 1.88. The Labute approximate surface area is 171 Å². The molecule has 29 heavy (non-hydrogen) atoms. The second-order valence-electron chi connectivity index (χ2n) is 6.37. The number of amides is 1. The molecular weight excluding hydrogens is 370 g/mol. The monoisotopic (exact) mass is 397 g/mol. The van der Waals surface area contributed by atoms with Crippen LogP contribution in [0.3, 0.4) is 0 Å². The van der Waals surface area contributed by atoms with Gasteiger partial charge >= 0.3 is 5.97 Å². The van der Waals surface area contributed by atoms with Crippen LogP contribution in [0.5, 0.6) is 11.5 Å². The fourth-order valence-corrected chi connectivity index (χ4v) is 2.84. The molecule has 0 saturated heterocycles. The second kappa shape index (κ2) is 11.5. The van der Waals surface area contributed by atoms with Gasteiger partial charge in [0.1, 0.15) is 0 Å². The van der Waals surface area contributed by atoms with Gasteiger partial charge in [-0.3, -0.25) is 4.79 Å². The second-order valence-corrected chi connectivity index (χ2v) is 6.37. The summed E-state index contributed by atoms with van der Waals surface area (Å²) >= 11 is 0. The smallest absolute Gasteiger partial charge is 0.331 e. The fraction of sp³-hybridized carbons (Fsp3) is 0.304. The summed E-state index contributed by atoms with van der Waals surface area (Å²) in [5, 5.41) is 2.92. The predicted octanol–water partition coefficient (Wildman–Crippen LogP) is 3.92. The average Bonchev–Trinajstić information content (AvgIpc) is 2.76. The largest absolute Gasteiger partial charge is 0.493 e. The molecule has 0 aromatic heterocycles. The van der Waals surface area contributed by atoms with Crippen molar-refractivity contribution in [2.75, 3.05) is 20.8 Å². The number of carbonyl (C=O) groups is 2. The van der Waals surface area contributed by atoms with Gasteiger partial charge in [0.05, 0.1) is 20.3 Å². The van der Waals surface area contributed by atoms with Crippen molar-refractivity contribution in [1.29, 1.82) is 0 Å². The highest BCUT2D eigenvalue weighted by Crippen LogP contribution is 2.28. The number of nitrogens with one attached hydrogen (secondary N) is 1. The van der Waals surface area contributed by atoms with E-state index in [1.165, 1.54) is 6.08 Å². The molecule has 2 rings (SSSR count). The average molecular weight is 397 g/mol. The van der Waals surface area contributed by atoms with E-state index < -0.39 is 5.97 Å². The molecule has 0 fully saturated rings. The summed E-state index contributed by atoms with van der Waals surface area (Å²) in [6.45, 7) is 1.73. The molecule has 6 nitrogen and oxygen atoms in total. The number of hydrogen-bond donors (Lipinski definition) is 1. The first-order valence-electron chi connectivity index (χ1n) is 9.48. The molecule has 1 amide bonds. The van der Waals surface area contributed by atoms with Crippen LogP contribution in [-0.2, 0) is 14.3 Å². The number of carbonyl (C=O) groups excluding carboxylic acids is 2. The van der Waals surface area contributed by atoms with Gasteiger partial charge in [0.25, 0.3) is 5.91 Å². The van der Waals surface area contributed by atoms with Crippen molar-refractivity contribution >= 4 is 18.0 Å². The standard InChI is InChI=1S/C23H27NO5/c1-4-8-19(18-9-6-5-7-10-18)24-22(25)16-29-23(26)14-12-17-11-13-20(27-2)21(15-17)28-3/h5-7,9-15,19H,4,8,16H2,1-3H3,(H,24,25)/b14-12+. The van der Waals surface area contributed by atoms with Crippen LogP contribution in [0.1, 0.15) is 36.9 Å². The van der Waals surface area contributed by atoms with Gasteiger partial charge in [-0.15, -0.1) is 0 Å². The van der Waals surface area contributed by atoms with Crippen molar-refractivity contribution in [2.45, 2.75) is 25.8 Å². The molecule has 0 radical (unpaired) electrons. The maximum atomic E-state index is 12.2. The molecule has 0 saturated carbocycles. The van der Waals surface area contributed by atoms with E-state index in [0.717, 1.165) is 24.0 Å². The predicted molar refractivity (Wildman–Crippen MR) is 112 cm³/mol. The summed E-state index contributed by atoms with van der Waals surface area (Å²) in [6.07, 6.45) is 4.60. The summed E-state index contributed by atoms with van der Waals surface area (Å²) in [7, 11) is 3.10. The molecule has 0 spiro atoms. The lowest BCUT2D eigenvalue weighted by Crippen LogP contribution is -2.32. The zero-order valence-electron chi connectivity index (χ0n) is 17.0. The first-order valence-corrected chi connectivity index (χ1v) is 9.48. The van der Waals surface area contributed by atoms with E-state index in [-0.39, 0.29) is 18.6 Å². The van der Waals surface area contributed by atoms with Gasteiger partial charge in [-0.2, -0.15) is 0 Å². The minimum atomic E-state index is -0.596. The lowest BCUT2D eigenvalue weighted by molar-refractivity contribution is -0.144. The van der Waals surface area contributed by atoms with Gasteiger partial charge in [-0.05, 0) is 35.8 Å². The van der Waals surface area contributed by atoms with E-state index in [9.17, 15) is 9.59 Å². The van der Waals surface area contributed by atoms with Crippen molar-refractivity contribution in [3.05, 3.63) is 65.7 Å². The molecule has 0 aliphatic heterocycles. The number of esters is 1. The Bertz CT molecular complexity index is 832. The zero-order valence-corrected chi connectivity index (χ0v) is 17.0. The summed E-state index contributed by atoms with van der Waals surface area (Å²) in [5.41, 5.74) is 1.78. The van der Waals surface area contributed by atoms with Gasteiger partial charge < -0.3 is 19.5 Å². The molecule has 0 aliphatic rings. The van der Waals surface area contributed by atoms with Gasteiger partial charge in [-0.25, -0.2) is 4.79 Å². The summed E-state index contributed by atoms with van der Waals surface area (Å²) in [5.74, 6) is 0.232. The number of rotatable bonds is 10. The molecule has 6 heteroatoms. The van der Waals surface area contributed by atoms with Crippen molar-refractivity contribution in [3.8, 4) is 11.5 Å². The third-order valence-electron chi connectivity index (χ3n) is 4.28. The van der Waals surface area contributed by atoms with Crippen LogP contribution in [0.2, 0.25) is 0 Å². The third kappa shape index (κ3) is 6.99. The van der Waals surface area contributed by atoms with E-state index in [1.807, 2.05) is 30.3 Å². The molecule has 2 aromatic carbocycles. The summed E-state index contributed by atoms with van der Waals surface area (Å²) in [4.78, 5) is 24.1. The molecule has 1 atom stereocenters. The van der Waals surface area contributed by atoms with Crippen LogP contribution in [0.25, 0.3) is 6.08 Å². The Morgan fingerprint density at radius 1 is 1.03 bits per heavy atom. The third-order valence-corrected chi connectivity index (χ3v) is 4.28.